The molecule has 2 aromatic rings. The fourth-order valence-corrected chi connectivity index (χ4v) is 3.27. The molecule has 0 amide bonds. The van der Waals surface area contributed by atoms with Crippen molar-refractivity contribution in [1.29, 1.82) is 0 Å². The summed E-state index contributed by atoms with van der Waals surface area (Å²) in [5, 5.41) is 0. The highest BCUT2D eigenvalue weighted by Gasteiger charge is 2.30. The molecule has 0 spiro atoms. The first-order chi connectivity index (χ1) is 9.89. The Hall–Kier alpha value is -1.82. The van der Waals surface area contributed by atoms with Gasteiger partial charge in [-0.3, -0.25) is 0 Å². The van der Waals surface area contributed by atoms with E-state index in [0.717, 1.165) is 0 Å². The van der Waals surface area contributed by atoms with E-state index < -0.39 is 0 Å². The quantitative estimate of drug-likeness (QED) is 0.693. The number of rotatable bonds is 3. The van der Waals surface area contributed by atoms with Crippen LogP contribution in [0, 0.1) is 6.07 Å². The molecule has 1 aliphatic carbocycles. The lowest BCUT2D eigenvalue weighted by Crippen LogP contribution is -2.26. The van der Waals surface area contributed by atoms with Gasteiger partial charge >= 0.3 is 0 Å². The van der Waals surface area contributed by atoms with Crippen LogP contribution in [-0.4, -0.2) is 0 Å². The van der Waals surface area contributed by atoms with Crippen molar-refractivity contribution >= 4 is 6.08 Å². The van der Waals surface area contributed by atoms with Crippen molar-refractivity contribution in [1.82, 2.24) is 0 Å². The largest absolute Gasteiger partial charge is 0.0733 e. The molecule has 0 nitrogen and oxygen atoms in total. The molecule has 2 aromatic carbocycles. The molecule has 1 saturated carbocycles. The Labute approximate surface area is 122 Å². The molecule has 20 heavy (non-hydrogen) atoms. The maximum Gasteiger partial charge on any atom is 0.0135 e. The van der Waals surface area contributed by atoms with E-state index in [0.29, 0.717) is 0 Å². The summed E-state index contributed by atoms with van der Waals surface area (Å²) in [6, 6.07) is 22.3. The summed E-state index contributed by atoms with van der Waals surface area (Å²) in [6.45, 7) is 0. The zero-order chi connectivity index (χ0) is 13.7. The van der Waals surface area contributed by atoms with Crippen molar-refractivity contribution in [2.75, 3.05) is 0 Å². The third-order valence-electron chi connectivity index (χ3n) is 4.43. The zero-order valence-corrected chi connectivity index (χ0v) is 11.9. The van der Waals surface area contributed by atoms with E-state index in [4.69, 9.17) is 0 Å². The smallest absolute Gasteiger partial charge is 0.0135 e. The molecule has 0 heterocycles. The molecular formula is C20H21. The summed E-state index contributed by atoms with van der Waals surface area (Å²) >= 11 is 0. The van der Waals surface area contributed by atoms with Gasteiger partial charge in [0.2, 0.25) is 0 Å². The minimum atomic E-state index is 0.225. The molecule has 0 bridgehead atoms. The summed E-state index contributed by atoms with van der Waals surface area (Å²) in [7, 11) is 0. The predicted molar refractivity (Wildman–Crippen MR) is 85.5 cm³/mol. The lowest BCUT2D eigenvalue weighted by molar-refractivity contribution is 0.358. The molecule has 0 atom stereocenters. The lowest BCUT2D eigenvalue weighted by Gasteiger charge is -2.35. The number of hydrogen-bond acceptors (Lipinski definition) is 0. The summed E-state index contributed by atoms with van der Waals surface area (Å²) in [6.07, 6.45) is 11.3. The van der Waals surface area contributed by atoms with Crippen LogP contribution in [-0.2, 0) is 5.41 Å². The van der Waals surface area contributed by atoms with Crippen LogP contribution in [0.2, 0.25) is 0 Å². The topological polar surface area (TPSA) is 0 Å². The van der Waals surface area contributed by atoms with Gasteiger partial charge in [0.25, 0.3) is 0 Å². The average Bonchev–Trinajstić information content (AvgIpc) is 2.56. The molecule has 0 aliphatic heterocycles. The number of benzene rings is 2. The van der Waals surface area contributed by atoms with Gasteiger partial charge in [-0.15, -0.1) is 0 Å². The van der Waals surface area contributed by atoms with Crippen molar-refractivity contribution < 1.29 is 0 Å². The Morgan fingerprint density at radius 3 is 2.25 bits per heavy atom. The second kappa shape index (κ2) is 6.09. The highest BCUT2D eigenvalue weighted by atomic mass is 14.3. The SMILES string of the molecule is [c]1ccc(C2(C=Cc3ccccc3)CCCCC2)cc1. The minimum absolute atomic E-state index is 0.225. The standard InChI is InChI=1S/C20H21/c1-4-10-18(11-5-1)14-17-20(15-8-3-9-16-20)19-12-6-2-7-13-19/h1,4-7,10-14,17H,3,8-9,15-16H2. The van der Waals surface area contributed by atoms with Gasteiger partial charge in [-0.25, -0.2) is 0 Å². The van der Waals surface area contributed by atoms with Crippen LogP contribution in [0.1, 0.15) is 43.2 Å². The lowest BCUT2D eigenvalue weighted by atomic mass is 9.69. The van der Waals surface area contributed by atoms with Crippen LogP contribution in [0.3, 0.4) is 0 Å². The molecule has 0 aromatic heterocycles. The third-order valence-corrected chi connectivity index (χ3v) is 4.43. The van der Waals surface area contributed by atoms with Gasteiger partial charge in [0, 0.05) is 5.41 Å². The van der Waals surface area contributed by atoms with E-state index in [9.17, 15) is 0 Å². The number of hydrogen-bond donors (Lipinski definition) is 0. The van der Waals surface area contributed by atoms with Crippen LogP contribution in [0.5, 0.6) is 0 Å². The van der Waals surface area contributed by atoms with E-state index in [1.165, 1.54) is 43.2 Å². The monoisotopic (exact) mass is 261 g/mol. The zero-order valence-electron chi connectivity index (χ0n) is 11.9. The normalized spacial score (nSPS) is 18.2. The van der Waals surface area contributed by atoms with Crippen LogP contribution in [0.25, 0.3) is 6.08 Å². The summed E-state index contributed by atoms with van der Waals surface area (Å²) in [4.78, 5) is 0. The van der Waals surface area contributed by atoms with Crippen molar-refractivity contribution in [3.63, 3.8) is 0 Å². The van der Waals surface area contributed by atoms with Gasteiger partial charge < -0.3 is 0 Å². The Morgan fingerprint density at radius 1 is 0.850 bits per heavy atom. The maximum absolute atomic E-state index is 3.14. The molecule has 0 unspecified atom stereocenters. The molecule has 0 saturated heterocycles. The van der Waals surface area contributed by atoms with Gasteiger partial charge in [0.05, 0.1) is 0 Å². The second-order valence-electron chi connectivity index (χ2n) is 5.75. The summed E-state index contributed by atoms with van der Waals surface area (Å²) in [5.74, 6) is 0. The predicted octanol–water partition coefficient (Wildman–Crippen LogP) is 5.40. The van der Waals surface area contributed by atoms with Gasteiger partial charge in [-0.1, -0.05) is 86.0 Å². The summed E-state index contributed by atoms with van der Waals surface area (Å²) < 4.78 is 0. The number of allylic oxidation sites excluding steroid dienone is 1. The Morgan fingerprint density at radius 2 is 1.55 bits per heavy atom. The molecule has 101 valence electrons. The molecule has 1 radical (unpaired) electrons. The maximum atomic E-state index is 3.14. The highest BCUT2D eigenvalue weighted by molar-refractivity contribution is 5.52. The first-order valence-electron chi connectivity index (χ1n) is 7.60. The van der Waals surface area contributed by atoms with Crippen LogP contribution >= 0.6 is 0 Å². The highest BCUT2D eigenvalue weighted by Crippen LogP contribution is 2.41. The first-order valence-corrected chi connectivity index (χ1v) is 7.60. The van der Waals surface area contributed by atoms with Crippen LogP contribution in [0.15, 0.2) is 60.7 Å². The van der Waals surface area contributed by atoms with E-state index in [2.05, 4.69) is 60.7 Å². The van der Waals surface area contributed by atoms with E-state index in [1.807, 2.05) is 12.1 Å². The van der Waals surface area contributed by atoms with Crippen molar-refractivity contribution in [3.8, 4) is 0 Å². The Kier molecular flexibility index (Phi) is 4.01. The van der Waals surface area contributed by atoms with E-state index in [-0.39, 0.29) is 5.41 Å². The Balaban J connectivity index is 1.92. The van der Waals surface area contributed by atoms with Crippen LogP contribution < -0.4 is 0 Å². The van der Waals surface area contributed by atoms with Crippen molar-refractivity contribution in [2.45, 2.75) is 37.5 Å². The van der Waals surface area contributed by atoms with Crippen molar-refractivity contribution in [2.24, 2.45) is 0 Å². The fraction of sp³-hybridized carbons (Fsp3) is 0.300. The third kappa shape index (κ3) is 2.85. The van der Waals surface area contributed by atoms with E-state index >= 15 is 0 Å². The van der Waals surface area contributed by atoms with Crippen LogP contribution in [0.4, 0.5) is 0 Å². The second-order valence-corrected chi connectivity index (χ2v) is 5.75. The average molecular weight is 261 g/mol. The van der Waals surface area contributed by atoms with Gasteiger partial charge in [-0.2, -0.15) is 0 Å². The fourth-order valence-electron chi connectivity index (χ4n) is 3.27. The van der Waals surface area contributed by atoms with E-state index in [1.54, 1.807) is 0 Å². The molecule has 0 N–H and O–H groups in total. The van der Waals surface area contributed by atoms with Gasteiger partial charge in [-0.05, 0) is 30.0 Å². The molecule has 0 heteroatoms. The van der Waals surface area contributed by atoms with Gasteiger partial charge in [0.15, 0.2) is 0 Å². The molecule has 1 aliphatic rings. The van der Waals surface area contributed by atoms with Crippen molar-refractivity contribution in [3.05, 3.63) is 77.9 Å². The summed E-state index contributed by atoms with van der Waals surface area (Å²) in [5.41, 5.74) is 2.96. The molecular weight excluding hydrogens is 240 g/mol. The molecule has 3 rings (SSSR count). The Bertz CT molecular complexity index is 545. The first kappa shape index (κ1) is 13.2. The van der Waals surface area contributed by atoms with Gasteiger partial charge in [0.1, 0.15) is 0 Å². The minimum Gasteiger partial charge on any atom is -0.0733 e. The molecule has 1 fully saturated rings.